The maximum Gasteiger partial charge on any atom is 0.338 e. The summed E-state index contributed by atoms with van der Waals surface area (Å²) in [5.41, 5.74) is 6.54. The van der Waals surface area contributed by atoms with Crippen molar-refractivity contribution in [3.63, 3.8) is 0 Å². The fourth-order valence-corrected chi connectivity index (χ4v) is 1.37. The van der Waals surface area contributed by atoms with Gasteiger partial charge in [0.15, 0.2) is 0 Å². The molecule has 3 N–H and O–H groups in total. The fraction of sp³-hybridized carbons (Fsp3) is 0.364. The number of aliphatic hydroxyl groups excluding tert-OH is 1. The molecule has 0 amide bonds. The van der Waals surface area contributed by atoms with Crippen LogP contribution in [0, 0.1) is 0 Å². The van der Waals surface area contributed by atoms with Crippen LogP contribution in [0.15, 0.2) is 18.2 Å². The number of rotatable bonds is 4. The van der Waals surface area contributed by atoms with E-state index in [2.05, 4.69) is 4.74 Å². The molecule has 0 unspecified atom stereocenters. The molecule has 0 aromatic heterocycles. The highest BCUT2D eigenvalue weighted by Gasteiger charge is 2.17. The zero-order chi connectivity index (χ0) is 12.1. The minimum absolute atomic E-state index is 0.253. The van der Waals surface area contributed by atoms with E-state index in [-0.39, 0.29) is 6.61 Å². The maximum absolute atomic E-state index is 11.5. The van der Waals surface area contributed by atoms with Crippen LogP contribution < -0.4 is 10.5 Å². The lowest BCUT2D eigenvalue weighted by atomic mass is 10.0. The summed E-state index contributed by atoms with van der Waals surface area (Å²) in [5, 5.41) is 9.01. The number of ether oxygens (including phenoxy) is 2. The third kappa shape index (κ3) is 2.50. The summed E-state index contributed by atoms with van der Waals surface area (Å²) in [4.78, 5) is 11.5. The molecule has 0 spiro atoms. The van der Waals surface area contributed by atoms with Crippen molar-refractivity contribution >= 4 is 5.97 Å². The van der Waals surface area contributed by atoms with Gasteiger partial charge in [-0.25, -0.2) is 4.79 Å². The van der Waals surface area contributed by atoms with Crippen molar-refractivity contribution in [2.75, 3.05) is 20.8 Å². The topological polar surface area (TPSA) is 81.8 Å². The van der Waals surface area contributed by atoms with Crippen LogP contribution in [0.25, 0.3) is 0 Å². The summed E-state index contributed by atoms with van der Waals surface area (Å²) >= 11 is 0. The van der Waals surface area contributed by atoms with Crippen molar-refractivity contribution in [3.05, 3.63) is 29.3 Å². The zero-order valence-corrected chi connectivity index (χ0v) is 9.27. The third-order valence-corrected chi connectivity index (χ3v) is 2.26. The average Bonchev–Trinajstić information content (AvgIpc) is 2.36. The molecule has 1 aromatic rings. The standard InChI is InChI=1S/C11H15NO4/c1-15-7-3-4-8(11(14)16-2)9(5-7)10(12)6-13/h3-5,10,13H,6,12H2,1-2H3/t10-/m0/s1. The molecule has 1 aromatic carbocycles. The number of benzene rings is 1. The molecule has 1 atom stereocenters. The van der Waals surface area contributed by atoms with E-state index in [4.69, 9.17) is 15.6 Å². The van der Waals surface area contributed by atoms with Crippen molar-refractivity contribution in [2.45, 2.75) is 6.04 Å². The zero-order valence-electron chi connectivity index (χ0n) is 9.27. The van der Waals surface area contributed by atoms with Gasteiger partial charge in [0.2, 0.25) is 0 Å². The number of carbonyl (C=O) groups is 1. The van der Waals surface area contributed by atoms with Crippen LogP contribution in [0.2, 0.25) is 0 Å². The first-order valence-electron chi connectivity index (χ1n) is 4.76. The van der Waals surface area contributed by atoms with E-state index < -0.39 is 12.0 Å². The summed E-state index contributed by atoms with van der Waals surface area (Å²) in [6.45, 7) is -0.253. The van der Waals surface area contributed by atoms with Gasteiger partial charge in [0, 0.05) is 0 Å². The fourth-order valence-electron chi connectivity index (χ4n) is 1.37. The molecule has 5 nitrogen and oxygen atoms in total. The Morgan fingerprint density at radius 3 is 2.69 bits per heavy atom. The molecule has 0 saturated carbocycles. The highest BCUT2D eigenvalue weighted by molar-refractivity contribution is 5.91. The molecule has 0 aliphatic rings. The Labute approximate surface area is 93.8 Å². The van der Waals surface area contributed by atoms with E-state index in [1.807, 2.05) is 0 Å². The van der Waals surface area contributed by atoms with Crippen LogP contribution in [0.3, 0.4) is 0 Å². The Bertz CT molecular complexity index is 378. The Kier molecular flexibility index (Phi) is 4.28. The van der Waals surface area contributed by atoms with E-state index in [9.17, 15) is 4.79 Å². The van der Waals surface area contributed by atoms with Gasteiger partial charge in [-0.3, -0.25) is 0 Å². The first kappa shape index (κ1) is 12.5. The summed E-state index contributed by atoms with van der Waals surface area (Å²) in [6, 6.07) is 4.19. The van der Waals surface area contributed by atoms with Crippen molar-refractivity contribution in [1.82, 2.24) is 0 Å². The molecule has 88 valence electrons. The molecule has 0 radical (unpaired) electrons. The highest BCUT2D eigenvalue weighted by atomic mass is 16.5. The molecule has 16 heavy (non-hydrogen) atoms. The van der Waals surface area contributed by atoms with Gasteiger partial charge in [-0.2, -0.15) is 0 Å². The number of carbonyl (C=O) groups excluding carboxylic acids is 1. The number of aliphatic hydroxyl groups is 1. The molecule has 0 bridgehead atoms. The Morgan fingerprint density at radius 2 is 2.19 bits per heavy atom. The van der Waals surface area contributed by atoms with Crippen molar-refractivity contribution in [1.29, 1.82) is 0 Å². The Balaban J connectivity index is 3.21. The predicted molar refractivity (Wildman–Crippen MR) is 58.3 cm³/mol. The maximum atomic E-state index is 11.5. The van der Waals surface area contributed by atoms with E-state index in [0.717, 1.165) is 0 Å². The van der Waals surface area contributed by atoms with Crippen LogP contribution >= 0.6 is 0 Å². The van der Waals surface area contributed by atoms with E-state index in [1.165, 1.54) is 14.2 Å². The number of hydrogen-bond donors (Lipinski definition) is 2. The Morgan fingerprint density at radius 1 is 1.50 bits per heavy atom. The lowest BCUT2D eigenvalue weighted by Crippen LogP contribution is -2.19. The largest absolute Gasteiger partial charge is 0.497 e. The van der Waals surface area contributed by atoms with Gasteiger partial charge in [0.25, 0.3) is 0 Å². The first-order valence-corrected chi connectivity index (χ1v) is 4.76. The van der Waals surface area contributed by atoms with Gasteiger partial charge in [0.1, 0.15) is 5.75 Å². The smallest absolute Gasteiger partial charge is 0.338 e. The van der Waals surface area contributed by atoms with Crippen LogP contribution in [0.1, 0.15) is 22.0 Å². The number of hydrogen-bond acceptors (Lipinski definition) is 5. The molecular formula is C11H15NO4. The molecular weight excluding hydrogens is 210 g/mol. The number of esters is 1. The minimum atomic E-state index is -0.635. The summed E-state index contributed by atoms with van der Waals surface area (Å²) in [6.07, 6.45) is 0. The average molecular weight is 225 g/mol. The van der Waals surface area contributed by atoms with Crippen molar-refractivity contribution < 1.29 is 19.4 Å². The lowest BCUT2D eigenvalue weighted by Gasteiger charge is -2.14. The molecule has 0 fully saturated rings. The summed E-state index contributed by atoms with van der Waals surface area (Å²) in [7, 11) is 2.81. The lowest BCUT2D eigenvalue weighted by molar-refractivity contribution is 0.0598. The quantitative estimate of drug-likeness (QED) is 0.728. The molecule has 5 heteroatoms. The van der Waals surface area contributed by atoms with Crippen LogP contribution in [0.5, 0.6) is 5.75 Å². The van der Waals surface area contributed by atoms with Gasteiger partial charge in [-0.05, 0) is 23.8 Å². The third-order valence-electron chi connectivity index (χ3n) is 2.26. The first-order chi connectivity index (χ1) is 7.63. The van der Waals surface area contributed by atoms with E-state index in [1.54, 1.807) is 18.2 Å². The normalized spacial score (nSPS) is 12.0. The van der Waals surface area contributed by atoms with Crippen LogP contribution in [-0.2, 0) is 4.74 Å². The second-order valence-electron chi connectivity index (χ2n) is 3.23. The van der Waals surface area contributed by atoms with E-state index in [0.29, 0.717) is 16.9 Å². The monoisotopic (exact) mass is 225 g/mol. The highest BCUT2D eigenvalue weighted by Crippen LogP contribution is 2.22. The minimum Gasteiger partial charge on any atom is -0.497 e. The van der Waals surface area contributed by atoms with Gasteiger partial charge in [-0.15, -0.1) is 0 Å². The second-order valence-corrected chi connectivity index (χ2v) is 3.23. The van der Waals surface area contributed by atoms with Crippen molar-refractivity contribution in [2.24, 2.45) is 5.73 Å². The summed E-state index contributed by atoms with van der Waals surface area (Å²) in [5.74, 6) is 0.0908. The summed E-state index contributed by atoms with van der Waals surface area (Å²) < 4.78 is 9.66. The predicted octanol–water partition coefficient (Wildman–Crippen LogP) is 0.474. The van der Waals surface area contributed by atoms with Gasteiger partial charge in [-0.1, -0.05) is 0 Å². The van der Waals surface area contributed by atoms with Crippen molar-refractivity contribution in [3.8, 4) is 5.75 Å². The van der Waals surface area contributed by atoms with Crippen LogP contribution in [-0.4, -0.2) is 31.9 Å². The number of methoxy groups -OCH3 is 2. The molecule has 0 heterocycles. The molecule has 0 saturated heterocycles. The second kappa shape index (κ2) is 5.48. The van der Waals surface area contributed by atoms with E-state index >= 15 is 0 Å². The molecule has 1 rings (SSSR count). The molecule has 0 aliphatic carbocycles. The van der Waals surface area contributed by atoms with Gasteiger partial charge < -0.3 is 20.3 Å². The SMILES string of the molecule is COC(=O)c1ccc(OC)cc1[C@@H](N)CO. The number of nitrogens with two attached hydrogens (primary N) is 1. The molecule has 0 aliphatic heterocycles. The Hall–Kier alpha value is -1.59. The van der Waals surface area contributed by atoms with Gasteiger partial charge >= 0.3 is 5.97 Å². The van der Waals surface area contributed by atoms with Gasteiger partial charge in [0.05, 0.1) is 32.4 Å². The van der Waals surface area contributed by atoms with Crippen LogP contribution in [0.4, 0.5) is 0 Å².